The van der Waals surface area contributed by atoms with Gasteiger partial charge in [0.25, 0.3) is 5.91 Å². The van der Waals surface area contributed by atoms with Crippen LogP contribution in [0.5, 0.6) is 0 Å². The van der Waals surface area contributed by atoms with E-state index in [4.69, 9.17) is 0 Å². The molecule has 0 aromatic carbocycles. The van der Waals surface area contributed by atoms with Gasteiger partial charge in [-0.3, -0.25) is 9.79 Å². The number of nitrogens with zero attached hydrogens (tertiary/aromatic N) is 3. The van der Waals surface area contributed by atoms with Gasteiger partial charge in [-0.25, -0.2) is 4.98 Å². The van der Waals surface area contributed by atoms with E-state index in [2.05, 4.69) is 15.3 Å². The number of amides is 1. The number of rotatable bonds is 2. The number of carbonyl (C=O) groups is 1. The second-order valence-electron chi connectivity index (χ2n) is 3.33. The molecule has 1 N–H and O–H groups in total. The number of allylic oxidation sites excluding steroid dienone is 1. The smallest absolute Gasteiger partial charge is 0.269 e. The van der Waals surface area contributed by atoms with Crippen molar-refractivity contribution >= 4 is 17.8 Å². The van der Waals surface area contributed by atoms with Crippen molar-refractivity contribution in [2.45, 2.75) is 0 Å². The third-order valence-electron chi connectivity index (χ3n) is 2.24. The maximum Gasteiger partial charge on any atom is 0.269 e. The van der Waals surface area contributed by atoms with E-state index in [1.54, 1.807) is 31.7 Å². The highest BCUT2D eigenvalue weighted by atomic mass is 16.1. The fourth-order valence-corrected chi connectivity index (χ4v) is 1.36. The second kappa shape index (κ2) is 5.07. The van der Waals surface area contributed by atoms with Gasteiger partial charge in [0, 0.05) is 31.9 Å². The van der Waals surface area contributed by atoms with Gasteiger partial charge in [-0.2, -0.15) is 0 Å². The fourth-order valence-electron chi connectivity index (χ4n) is 1.36. The zero-order valence-electron chi connectivity index (χ0n) is 9.37. The molecule has 5 heteroatoms. The lowest BCUT2D eigenvalue weighted by Gasteiger charge is -2.13. The van der Waals surface area contributed by atoms with Crippen molar-refractivity contribution in [2.75, 3.05) is 11.9 Å². The average Bonchev–Trinajstić information content (AvgIpc) is 2.67. The molecule has 1 aliphatic rings. The van der Waals surface area contributed by atoms with Crippen LogP contribution in [0.15, 0.2) is 48.0 Å². The maximum absolute atomic E-state index is 11.3. The highest BCUT2D eigenvalue weighted by Crippen LogP contribution is 2.14. The van der Waals surface area contributed by atoms with Crippen LogP contribution >= 0.6 is 0 Å². The van der Waals surface area contributed by atoms with Crippen LogP contribution in [0.1, 0.15) is 10.5 Å². The zero-order chi connectivity index (χ0) is 12.1. The van der Waals surface area contributed by atoms with E-state index >= 15 is 0 Å². The molecule has 1 aromatic rings. The summed E-state index contributed by atoms with van der Waals surface area (Å²) in [5.74, 6) is -0.193. The summed E-state index contributed by atoms with van der Waals surface area (Å²) in [5.41, 5.74) is 1.27. The molecular weight excluding hydrogens is 216 g/mol. The van der Waals surface area contributed by atoms with Crippen LogP contribution in [0.4, 0.5) is 5.69 Å². The molecular formula is C12H12N4O. The van der Waals surface area contributed by atoms with Gasteiger partial charge in [-0.05, 0) is 18.2 Å². The summed E-state index contributed by atoms with van der Waals surface area (Å²) < 4.78 is 0. The number of hydrogen-bond acceptors (Lipinski definition) is 4. The number of carbonyl (C=O) groups excluding carboxylic acids is 1. The van der Waals surface area contributed by atoms with E-state index in [1.807, 2.05) is 29.4 Å². The van der Waals surface area contributed by atoms with E-state index in [0.717, 1.165) is 5.69 Å². The molecule has 0 aliphatic carbocycles. The van der Waals surface area contributed by atoms with Crippen molar-refractivity contribution in [3.63, 3.8) is 0 Å². The number of hydrogen-bond donors (Lipinski definition) is 1. The monoisotopic (exact) mass is 228 g/mol. The summed E-state index contributed by atoms with van der Waals surface area (Å²) in [6, 6.07) is 3.51. The Morgan fingerprint density at radius 1 is 1.35 bits per heavy atom. The predicted molar refractivity (Wildman–Crippen MR) is 66.9 cm³/mol. The third-order valence-corrected chi connectivity index (χ3v) is 2.24. The number of aliphatic imine (C=N–C) groups is 1. The first-order valence-corrected chi connectivity index (χ1v) is 5.14. The number of pyridine rings is 1. The Balaban J connectivity index is 2.20. The fraction of sp³-hybridized carbons (Fsp3) is 0.0833. The molecule has 0 saturated carbocycles. The summed E-state index contributed by atoms with van der Waals surface area (Å²) >= 11 is 0. The van der Waals surface area contributed by atoms with Crippen molar-refractivity contribution in [3.05, 3.63) is 48.7 Å². The Kier molecular flexibility index (Phi) is 3.30. The Bertz CT molecular complexity index is 472. The second-order valence-corrected chi connectivity index (χ2v) is 3.33. The molecule has 0 bridgehead atoms. The third kappa shape index (κ3) is 2.57. The minimum Gasteiger partial charge on any atom is -0.354 e. The van der Waals surface area contributed by atoms with Crippen molar-refractivity contribution < 1.29 is 4.79 Å². The van der Waals surface area contributed by atoms with Gasteiger partial charge in [-0.15, -0.1) is 0 Å². The van der Waals surface area contributed by atoms with Gasteiger partial charge in [-0.1, -0.05) is 0 Å². The molecule has 1 aliphatic heterocycles. The number of anilines is 1. The van der Waals surface area contributed by atoms with Crippen LogP contribution in [0.3, 0.4) is 0 Å². The normalized spacial score (nSPS) is 13.6. The molecule has 0 unspecified atom stereocenters. The van der Waals surface area contributed by atoms with E-state index < -0.39 is 0 Å². The first-order chi connectivity index (χ1) is 8.31. The summed E-state index contributed by atoms with van der Waals surface area (Å²) in [7, 11) is 1.58. The lowest BCUT2D eigenvalue weighted by molar-refractivity contribution is 0.0958. The van der Waals surface area contributed by atoms with Crippen LogP contribution < -0.4 is 10.2 Å². The predicted octanol–water partition coefficient (Wildman–Crippen LogP) is 1.32. The molecule has 0 atom stereocenters. The lowest BCUT2D eigenvalue weighted by Crippen LogP contribution is -2.19. The van der Waals surface area contributed by atoms with Crippen LogP contribution in [-0.4, -0.2) is 24.2 Å². The largest absolute Gasteiger partial charge is 0.354 e. The maximum atomic E-state index is 11.3. The molecule has 2 rings (SSSR count). The minimum absolute atomic E-state index is 0.193. The minimum atomic E-state index is -0.193. The summed E-state index contributed by atoms with van der Waals surface area (Å²) in [5, 5.41) is 2.53. The summed E-state index contributed by atoms with van der Waals surface area (Å²) in [4.78, 5) is 21.3. The lowest BCUT2D eigenvalue weighted by atomic mass is 10.3. The average molecular weight is 228 g/mol. The number of nitrogens with one attached hydrogen (secondary N) is 1. The highest BCUT2D eigenvalue weighted by molar-refractivity contribution is 5.92. The van der Waals surface area contributed by atoms with Gasteiger partial charge >= 0.3 is 0 Å². The van der Waals surface area contributed by atoms with Crippen molar-refractivity contribution in [2.24, 2.45) is 4.99 Å². The van der Waals surface area contributed by atoms with Crippen LogP contribution in [0, 0.1) is 0 Å². The molecule has 0 radical (unpaired) electrons. The van der Waals surface area contributed by atoms with Crippen LogP contribution in [0.2, 0.25) is 0 Å². The SMILES string of the molecule is CNC(=O)c1ccc(N2C=CC=NC=C2)cn1. The number of aromatic nitrogens is 1. The molecule has 17 heavy (non-hydrogen) atoms. The van der Waals surface area contributed by atoms with Crippen molar-refractivity contribution in [1.29, 1.82) is 0 Å². The Hall–Kier alpha value is -2.43. The molecule has 0 spiro atoms. The van der Waals surface area contributed by atoms with Crippen molar-refractivity contribution in [1.82, 2.24) is 10.3 Å². The Morgan fingerprint density at radius 2 is 2.24 bits per heavy atom. The van der Waals surface area contributed by atoms with Gasteiger partial charge in [0.05, 0.1) is 11.9 Å². The topological polar surface area (TPSA) is 57.6 Å². The van der Waals surface area contributed by atoms with E-state index in [1.165, 1.54) is 0 Å². The van der Waals surface area contributed by atoms with E-state index in [-0.39, 0.29) is 5.91 Å². The van der Waals surface area contributed by atoms with Gasteiger partial charge in [0.15, 0.2) is 0 Å². The molecule has 5 nitrogen and oxygen atoms in total. The molecule has 0 fully saturated rings. The van der Waals surface area contributed by atoms with Crippen molar-refractivity contribution in [3.8, 4) is 0 Å². The quantitative estimate of drug-likeness (QED) is 0.830. The van der Waals surface area contributed by atoms with E-state index in [0.29, 0.717) is 5.69 Å². The summed E-state index contributed by atoms with van der Waals surface area (Å²) in [6.45, 7) is 0. The Morgan fingerprint density at radius 3 is 2.94 bits per heavy atom. The standard InChI is InChI=1S/C12H12N4O/c1-13-12(17)11-4-3-10(9-15-11)16-7-2-5-14-6-8-16/h2-9H,1H3,(H,13,17). The van der Waals surface area contributed by atoms with Gasteiger partial charge < -0.3 is 10.2 Å². The zero-order valence-corrected chi connectivity index (χ0v) is 9.37. The molecule has 1 aromatic heterocycles. The Labute approximate surface area is 99.2 Å². The highest BCUT2D eigenvalue weighted by Gasteiger charge is 2.06. The van der Waals surface area contributed by atoms with Gasteiger partial charge in [0.1, 0.15) is 5.69 Å². The molecule has 0 saturated heterocycles. The first kappa shape index (κ1) is 11.1. The van der Waals surface area contributed by atoms with Crippen LogP contribution in [0.25, 0.3) is 0 Å². The molecule has 2 heterocycles. The summed E-state index contributed by atoms with van der Waals surface area (Å²) in [6.07, 6.45) is 10.5. The molecule has 86 valence electrons. The van der Waals surface area contributed by atoms with Gasteiger partial charge in [0.2, 0.25) is 0 Å². The first-order valence-electron chi connectivity index (χ1n) is 5.14. The van der Waals surface area contributed by atoms with Crippen LogP contribution in [-0.2, 0) is 0 Å². The molecule has 1 amide bonds. The van der Waals surface area contributed by atoms with E-state index in [9.17, 15) is 4.79 Å².